The Hall–Kier alpha value is -4.07. The molecule has 0 spiro atoms. The van der Waals surface area contributed by atoms with E-state index in [9.17, 15) is 9.59 Å². The number of methoxy groups -OCH3 is 2. The third kappa shape index (κ3) is 5.37. The molecule has 0 radical (unpaired) electrons. The molecule has 2 aromatic carbocycles. The summed E-state index contributed by atoms with van der Waals surface area (Å²) in [5.41, 5.74) is 4.13. The van der Waals surface area contributed by atoms with Crippen molar-refractivity contribution in [2.75, 3.05) is 14.2 Å². The number of hydrogen-bond acceptors (Lipinski definition) is 5. The fraction of sp³-hybridized carbons (Fsp3) is 0.296. The lowest BCUT2D eigenvalue weighted by molar-refractivity contribution is -0.121. The van der Waals surface area contributed by atoms with Gasteiger partial charge in [0, 0.05) is 37.5 Å². The lowest BCUT2D eigenvalue weighted by Crippen LogP contribution is -2.27. The van der Waals surface area contributed by atoms with Crippen LogP contribution in [0.4, 0.5) is 0 Å². The molecule has 0 aliphatic carbocycles. The number of ether oxygens (including phenoxy) is 2. The molecule has 0 aliphatic heterocycles. The summed E-state index contributed by atoms with van der Waals surface area (Å²) >= 11 is 0. The number of hydrogen-bond donors (Lipinski definition) is 1. The number of nitrogens with zero attached hydrogens (tertiary/aromatic N) is 3. The van der Waals surface area contributed by atoms with Crippen molar-refractivity contribution in [1.29, 1.82) is 0 Å². The van der Waals surface area contributed by atoms with Crippen molar-refractivity contribution in [1.82, 2.24) is 19.5 Å². The Morgan fingerprint density at radius 3 is 2.43 bits per heavy atom. The summed E-state index contributed by atoms with van der Waals surface area (Å²) in [5.74, 6) is 1.54. The Morgan fingerprint density at radius 2 is 1.74 bits per heavy atom. The normalized spacial score (nSPS) is 11.1. The molecule has 35 heavy (non-hydrogen) atoms. The van der Waals surface area contributed by atoms with Gasteiger partial charge in [0.1, 0.15) is 5.52 Å². The van der Waals surface area contributed by atoms with Crippen molar-refractivity contribution in [2.45, 2.75) is 39.3 Å². The molecule has 1 amide bonds. The predicted molar refractivity (Wildman–Crippen MR) is 135 cm³/mol. The van der Waals surface area contributed by atoms with Gasteiger partial charge in [-0.15, -0.1) is 0 Å². The Morgan fingerprint density at radius 1 is 1.00 bits per heavy atom. The van der Waals surface area contributed by atoms with E-state index in [4.69, 9.17) is 9.47 Å². The van der Waals surface area contributed by atoms with Gasteiger partial charge in [-0.3, -0.25) is 9.59 Å². The van der Waals surface area contributed by atoms with Crippen LogP contribution in [0.15, 0.2) is 65.7 Å². The van der Waals surface area contributed by atoms with Crippen molar-refractivity contribution in [3.63, 3.8) is 0 Å². The fourth-order valence-electron chi connectivity index (χ4n) is 3.88. The summed E-state index contributed by atoms with van der Waals surface area (Å²) in [6, 6.07) is 15.5. The van der Waals surface area contributed by atoms with Gasteiger partial charge < -0.3 is 19.4 Å². The molecule has 2 heterocycles. The second-order valence-electron chi connectivity index (χ2n) is 8.65. The largest absolute Gasteiger partial charge is 0.493 e. The molecule has 4 rings (SSSR count). The molecule has 182 valence electrons. The molecule has 8 heteroatoms. The Bertz CT molecular complexity index is 1390. The first kappa shape index (κ1) is 24.1. The zero-order valence-electron chi connectivity index (χ0n) is 20.4. The van der Waals surface area contributed by atoms with E-state index in [0.29, 0.717) is 29.5 Å². The van der Waals surface area contributed by atoms with Crippen molar-refractivity contribution >= 4 is 11.4 Å². The minimum absolute atomic E-state index is 0.147. The van der Waals surface area contributed by atoms with Gasteiger partial charge in [0.25, 0.3) is 5.56 Å². The summed E-state index contributed by atoms with van der Waals surface area (Å²) in [7, 11) is 3.15. The number of rotatable bonds is 9. The van der Waals surface area contributed by atoms with E-state index in [0.717, 1.165) is 16.8 Å². The van der Waals surface area contributed by atoms with Crippen LogP contribution < -0.4 is 20.3 Å². The van der Waals surface area contributed by atoms with E-state index in [-0.39, 0.29) is 24.4 Å². The SMILES string of the molecule is COc1ccc(CNC(=O)CCn2ccn3nc(-c4ccc(C(C)C)cc4)cc3c2=O)cc1OC. The number of carbonyl (C=O) groups is 1. The molecule has 1 N–H and O–H groups in total. The lowest BCUT2D eigenvalue weighted by Gasteiger charge is -2.11. The number of amides is 1. The van der Waals surface area contributed by atoms with E-state index in [1.54, 1.807) is 47.8 Å². The monoisotopic (exact) mass is 474 g/mol. The predicted octanol–water partition coefficient (Wildman–Crippen LogP) is 4.01. The summed E-state index contributed by atoms with van der Waals surface area (Å²) in [5, 5.41) is 7.43. The maximum Gasteiger partial charge on any atom is 0.276 e. The van der Waals surface area contributed by atoms with E-state index >= 15 is 0 Å². The molecule has 0 unspecified atom stereocenters. The van der Waals surface area contributed by atoms with Gasteiger partial charge in [-0.05, 0) is 35.2 Å². The number of benzene rings is 2. The maximum absolute atomic E-state index is 13.0. The average molecular weight is 475 g/mol. The molecule has 4 aromatic rings. The van der Waals surface area contributed by atoms with Gasteiger partial charge in [0.15, 0.2) is 11.5 Å². The molecule has 0 bridgehead atoms. The molecule has 0 fully saturated rings. The quantitative estimate of drug-likeness (QED) is 0.396. The smallest absolute Gasteiger partial charge is 0.276 e. The van der Waals surface area contributed by atoms with Crippen molar-refractivity contribution in [2.24, 2.45) is 0 Å². The van der Waals surface area contributed by atoms with Crippen LogP contribution in [0.3, 0.4) is 0 Å². The van der Waals surface area contributed by atoms with Crippen molar-refractivity contribution < 1.29 is 14.3 Å². The molecule has 0 atom stereocenters. The van der Waals surface area contributed by atoms with Gasteiger partial charge in [-0.25, -0.2) is 4.52 Å². The lowest BCUT2D eigenvalue weighted by atomic mass is 10.0. The highest BCUT2D eigenvalue weighted by Crippen LogP contribution is 2.27. The zero-order valence-corrected chi connectivity index (χ0v) is 20.4. The molecule has 0 aliphatic rings. The molecule has 0 saturated carbocycles. The standard InChI is InChI=1S/C27H30N4O4/c1-18(2)20-6-8-21(9-7-20)22-16-23-27(33)30(13-14-31(23)29-22)12-11-26(32)28-17-19-5-10-24(34-3)25(15-19)35-4/h5-10,13-16,18H,11-12,17H2,1-4H3,(H,28,32). The van der Waals surface area contributed by atoms with E-state index in [1.165, 1.54) is 5.56 Å². The first-order valence-corrected chi connectivity index (χ1v) is 11.6. The number of aryl methyl sites for hydroxylation is 1. The molecule has 2 aromatic heterocycles. The second-order valence-corrected chi connectivity index (χ2v) is 8.65. The highest BCUT2D eigenvalue weighted by Gasteiger charge is 2.11. The minimum Gasteiger partial charge on any atom is -0.493 e. The molecular formula is C27H30N4O4. The Labute approximate surface area is 204 Å². The van der Waals surface area contributed by atoms with Crippen LogP contribution in [0.5, 0.6) is 11.5 Å². The topological polar surface area (TPSA) is 86.9 Å². The van der Waals surface area contributed by atoms with Crippen LogP contribution in [0.1, 0.15) is 37.3 Å². The Balaban J connectivity index is 1.41. The van der Waals surface area contributed by atoms with Crippen LogP contribution in [0.25, 0.3) is 16.8 Å². The molecular weight excluding hydrogens is 444 g/mol. The van der Waals surface area contributed by atoms with E-state index in [2.05, 4.69) is 36.4 Å². The van der Waals surface area contributed by atoms with Gasteiger partial charge in [0.05, 0.1) is 19.9 Å². The summed E-state index contributed by atoms with van der Waals surface area (Å²) in [6.07, 6.45) is 3.58. The molecule has 8 nitrogen and oxygen atoms in total. The maximum atomic E-state index is 13.0. The molecule has 0 saturated heterocycles. The average Bonchev–Trinajstić information content (AvgIpc) is 3.32. The fourth-order valence-corrected chi connectivity index (χ4v) is 3.88. The van der Waals surface area contributed by atoms with Crippen LogP contribution >= 0.6 is 0 Å². The van der Waals surface area contributed by atoms with E-state index in [1.807, 2.05) is 24.3 Å². The third-order valence-electron chi connectivity index (χ3n) is 5.99. The summed E-state index contributed by atoms with van der Waals surface area (Å²) in [6.45, 7) is 4.93. The highest BCUT2D eigenvalue weighted by molar-refractivity contribution is 5.75. The van der Waals surface area contributed by atoms with E-state index < -0.39 is 0 Å². The van der Waals surface area contributed by atoms with Gasteiger partial charge in [-0.2, -0.15) is 5.10 Å². The Kier molecular flexibility index (Phi) is 7.19. The van der Waals surface area contributed by atoms with Gasteiger partial charge in [-0.1, -0.05) is 44.2 Å². The van der Waals surface area contributed by atoms with Crippen LogP contribution in [-0.2, 0) is 17.9 Å². The number of aromatic nitrogens is 3. The zero-order chi connectivity index (χ0) is 24.9. The van der Waals surface area contributed by atoms with Crippen LogP contribution in [0, 0.1) is 0 Å². The first-order chi connectivity index (χ1) is 16.9. The first-order valence-electron chi connectivity index (χ1n) is 11.6. The minimum atomic E-state index is -0.183. The van der Waals surface area contributed by atoms with Crippen LogP contribution in [0.2, 0.25) is 0 Å². The van der Waals surface area contributed by atoms with Crippen molar-refractivity contribution in [3.8, 4) is 22.8 Å². The van der Waals surface area contributed by atoms with Crippen LogP contribution in [-0.4, -0.2) is 34.3 Å². The highest BCUT2D eigenvalue weighted by atomic mass is 16.5. The van der Waals surface area contributed by atoms with Gasteiger partial charge in [0.2, 0.25) is 5.91 Å². The summed E-state index contributed by atoms with van der Waals surface area (Å²) < 4.78 is 13.7. The third-order valence-corrected chi connectivity index (χ3v) is 5.99. The number of carbonyl (C=O) groups excluding carboxylic acids is 1. The summed E-state index contributed by atoms with van der Waals surface area (Å²) in [4.78, 5) is 25.4. The number of fused-ring (bicyclic) bond motifs is 1. The van der Waals surface area contributed by atoms with Crippen molar-refractivity contribution in [3.05, 3.63) is 82.4 Å². The van der Waals surface area contributed by atoms with Gasteiger partial charge >= 0.3 is 0 Å². The second kappa shape index (κ2) is 10.5. The number of nitrogens with one attached hydrogen (secondary N) is 1.